The van der Waals surface area contributed by atoms with Crippen LogP contribution in [0.15, 0.2) is 54.7 Å². The molecule has 9 heteroatoms. The number of carbonyl (C=O) groups excluding carboxylic acids is 2. The third kappa shape index (κ3) is 6.27. The molecule has 176 valence electrons. The maximum absolute atomic E-state index is 13.0. The summed E-state index contributed by atoms with van der Waals surface area (Å²) in [7, 11) is 0. The van der Waals surface area contributed by atoms with Crippen LogP contribution < -0.4 is 4.74 Å². The van der Waals surface area contributed by atoms with Crippen LogP contribution in [0, 0.1) is 0 Å². The van der Waals surface area contributed by atoms with Gasteiger partial charge in [0, 0.05) is 18.3 Å². The van der Waals surface area contributed by atoms with Gasteiger partial charge in [-0.25, -0.2) is 4.79 Å². The number of nitrogens with one attached hydrogen (secondary N) is 1. The Labute approximate surface area is 189 Å². The second-order valence-corrected chi connectivity index (χ2v) is 8.44. The molecule has 1 aromatic heterocycles. The lowest BCUT2D eigenvalue weighted by Crippen LogP contribution is -2.38. The Morgan fingerprint density at radius 1 is 1.00 bits per heavy atom. The highest BCUT2D eigenvalue weighted by atomic mass is 19.4. The SMILES string of the molecule is CC(C)(C)OC(=O)N(CCOc1cccc2[nH]cc(C(=O)C(F)(F)F)c12)Cc1ccccc1. The topological polar surface area (TPSA) is 71.6 Å². The fourth-order valence-corrected chi connectivity index (χ4v) is 3.23. The molecule has 0 aliphatic rings. The highest BCUT2D eigenvalue weighted by molar-refractivity contribution is 6.12. The molecule has 1 N–H and O–H groups in total. The number of hydrogen-bond acceptors (Lipinski definition) is 4. The Morgan fingerprint density at radius 2 is 1.70 bits per heavy atom. The van der Waals surface area contributed by atoms with E-state index in [-0.39, 0.29) is 30.8 Å². The molecule has 33 heavy (non-hydrogen) atoms. The van der Waals surface area contributed by atoms with Gasteiger partial charge in [0.25, 0.3) is 5.78 Å². The van der Waals surface area contributed by atoms with Crippen molar-refractivity contribution in [3.63, 3.8) is 0 Å². The third-order valence-corrected chi connectivity index (χ3v) is 4.66. The van der Waals surface area contributed by atoms with Gasteiger partial charge in [0.2, 0.25) is 0 Å². The van der Waals surface area contributed by atoms with Crippen molar-refractivity contribution in [1.82, 2.24) is 9.88 Å². The second kappa shape index (κ2) is 9.56. The van der Waals surface area contributed by atoms with E-state index in [0.29, 0.717) is 5.52 Å². The minimum atomic E-state index is -5.01. The monoisotopic (exact) mass is 462 g/mol. The van der Waals surface area contributed by atoms with E-state index < -0.39 is 29.2 Å². The van der Waals surface area contributed by atoms with Crippen LogP contribution in [0.25, 0.3) is 10.9 Å². The maximum Gasteiger partial charge on any atom is 0.454 e. The zero-order valence-electron chi connectivity index (χ0n) is 18.5. The summed E-state index contributed by atoms with van der Waals surface area (Å²) in [5.74, 6) is -1.84. The summed E-state index contributed by atoms with van der Waals surface area (Å²) >= 11 is 0. The summed E-state index contributed by atoms with van der Waals surface area (Å²) in [5.41, 5.74) is 0.0140. The summed E-state index contributed by atoms with van der Waals surface area (Å²) in [4.78, 5) is 28.7. The Hall–Kier alpha value is -3.49. The smallest absolute Gasteiger partial charge is 0.454 e. The van der Waals surface area contributed by atoms with E-state index in [9.17, 15) is 22.8 Å². The highest BCUT2D eigenvalue weighted by Crippen LogP contribution is 2.33. The molecule has 0 saturated heterocycles. The van der Waals surface area contributed by atoms with Crippen molar-refractivity contribution in [3.8, 4) is 5.75 Å². The largest absolute Gasteiger partial charge is 0.491 e. The lowest BCUT2D eigenvalue weighted by molar-refractivity contribution is -0.0884. The standard InChI is InChI=1S/C24H25F3N2O4/c1-23(2,3)33-22(31)29(15-16-8-5-4-6-9-16)12-13-32-19-11-7-10-18-20(19)17(14-28-18)21(30)24(25,26)27/h4-11,14,28H,12-13,15H2,1-3H3. The molecular weight excluding hydrogens is 437 g/mol. The van der Waals surface area contributed by atoms with Gasteiger partial charge in [-0.1, -0.05) is 36.4 Å². The van der Waals surface area contributed by atoms with Crippen molar-refractivity contribution in [2.24, 2.45) is 0 Å². The Kier molecular flexibility index (Phi) is 7.00. The number of carbonyl (C=O) groups is 2. The van der Waals surface area contributed by atoms with Crippen molar-refractivity contribution >= 4 is 22.8 Å². The van der Waals surface area contributed by atoms with E-state index in [1.54, 1.807) is 32.9 Å². The van der Waals surface area contributed by atoms with Crippen molar-refractivity contribution < 1.29 is 32.2 Å². The zero-order chi connectivity index (χ0) is 24.2. The highest BCUT2D eigenvalue weighted by Gasteiger charge is 2.41. The number of halogens is 3. The number of benzene rings is 2. The average Bonchev–Trinajstić information content (AvgIpc) is 3.16. The first-order valence-electron chi connectivity index (χ1n) is 10.3. The predicted octanol–water partition coefficient (Wildman–Crippen LogP) is 5.73. The number of rotatable bonds is 7. The van der Waals surface area contributed by atoms with Gasteiger partial charge in [-0.15, -0.1) is 0 Å². The van der Waals surface area contributed by atoms with Crippen LogP contribution in [0.4, 0.5) is 18.0 Å². The Bertz CT molecular complexity index is 1120. The molecule has 1 amide bonds. The minimum absolute atomic E-state index is 0.0178. The van der Waals surface area contributed by atoms with Crippen LogP contribution in [0.2, 0.25) is 0 Å². The molecule has 0 unspecified atom stereocenters. The third-order valence-electron chi connectivity index (χ3n) is 4.66. The quantitative estimate of drug-likeness (QED) is 0.455. The Morgan fingerprint density at radius 3 is 2.33 bits per heavy atom. The molecule has 0 aliphatic heterocycles. The number of Topliss-reactive ketones (excluding diaryl/α,β-unsaturated/α-hetero) is 1. The molecule has 3 aromatic rings. The molecule has 0 aliphatic carbocycles. The fourth-order valence-electron chi connectivity index (χ4n) is 3.23. The second-order valence-electron chi connectivity index (χ2n) is 8.44. The minimum Gasteiger partial charge on any atom is -0.491 e. The number of aromatic amines is 1. The average molecular weight is 462 g/mol. The molecule has 0 atom stereocenters. The molecule has 2 aromatic carbocycles. The van der Waals surface area contributed by atoms with Gasteiger partial charge >= 0.3 is 12.3 Å². The fraction of sp³-hybridized carbons (Fsp3) is 0.333. The van der Waals surface area contributed by atoms with Crippen LogP contribution in [-0.4, -0.2) is 46.7 Å². The molecule has 0 radical (unpaired) electrons. The molecule has 1 heterocycles. The van der Waals surface area contributed by atoms with Crippen molar-refractivity contribution in [1.29, 1.82) is 0 Å². The number of ether oxygens (including phenoxy) is 2. The van der Waals surface area contributed by atoms with Gasteiger partial charge in [0.1, 0.15) is 18.0 Å². The molecule has 0 bridgehead atoms. The molecule has 0 fully saturated rings. The lowest BCUT2D eigenvalue weighted by atomic mass is 10.1. The van der Waals surface area contributed by atoms with Crippen LogP contribution in [-0.2, 0) is 11.3 Å². The van der Waals surface area contributed by atoms with Gasteiger partial charge in [0.05, 0.1) is 17.5 Å². The van der Waals surface area contributed by atoms with Gasteiger partial charge in [0.15, 0.2) is 0 Å². The van der Waals surface area contributed by atoms with E-state index in [1.807, 2.05) is 30.3 Å². The van der Waals surface area contributed by atoms with E-state index in [2.05, 4.69) is 4.98 Å². The first-order chi connectivity index (χ1) is 15.5. The summed E-state index contributed by atoms with van der Waals surface area (Å²) in [5, 5.41) is 0.0479. The molecular formula is C24H25F3N2O4. The van der Waals surface area contributed by atoms with Crippen molar-refractivity contribution in [3.05, 3.63) is 65.9 Å². The summed E-state index contributed by atoms with van der Waals surface area (Å²) in [6.45, 7) is 5.64. The number of aromatic nitrogens is 1. The van der Waals surface area contributed by atoms with Crippen LogP contribution >= 0.6 is 0 Å². The summed E-state index contributed by atoms with van der Waals surface area (Å²) < 4.78 is 50.2. The number of amides is 1. The molecule has 0 saturated carbocycles. The van der Waals surface area contributed by atoms with Crippen LogP contribution in [0.1, 0.15) is 36.7 Å². The first kappa shape index (κ1) is 24.2. The van der Waals surface area contributed by atoms with Gasteiger partial charge < -0.3 is 19.4 Å². The van der Waals surface area contributed by atoms with Crippen LogP contribution in [0.3, 0.4) is 0 Å². The van der Waals surface area contributed by atoms with Gasteiger partial charge in [-0.3, -0.25) is 4.79 Å². The number of ketones is 1. The number of H-pyrrole nitrogens is 1. The number of fused-ring (bicyclic) bond motifs is 1. The van der Waals surface area contributed by atoms with E-state index in [0.717, 1.165) is 11.8 Å². The van der Waals surface area contributed by atoms with Crippen molar-refractivity contribution in [2.75, 3.05) is 13.2 Å². The molecule has 0 spiro atoms. The number of nitrogens with zero attached hydrogens (tertiary/aromatic N) is 1. The van der Waals surface area contributed by atoms with Crippen LogP contribution in [0.5, 0.6) is 5.75 Å². The number of alkyl halides is 3. The Balaban J connectivity index is 1.78. The van der Waals surface area contributed by atoms with E-state index in [1.165, 1.54) is 11.0 Å². The normalized spacial score (nSPS) is 11.9. The lowest BCUT2D eigenvalue weighted by Gasteiger charge is -2.27. The zero-order valence-corrected chi connectivity index (χ0v) is 18.5. The maximum atomic E-state index is 13.0. The summed E-state index contributed by atoms with van der Waals surface area (Å²) in [6.07, 6.45) is -4.52. The first-order valence-corrected chi connectivity index (χ1v) is 10.3. The van der Waals surface area contributed by atoms with E-state index >= 15 is 0 Å². The molecule has 3 rings (SSSR count). The van der Waals surface area contributed by atoms with E-state index in [4.69, 9.17) is 9.47 Å². The van der Waals surface area contributed by atoms with Gasteiger partial charge in [-0.2, -0.15) is 13.2 Å². The van der Waals surface area contributed by atoms with Crippen molar-refractivity contribution in [2.45, 2.75) is 39.1 Å². The summed E-state index contributed by atoms with van der Waals surface area (Å²) in [6, 6.07) is 13.9. The molecule has 6 nitrogen and oxygen atoms in total. The van der Waals surface area contributed by atoms with Gasteiger partial charge in [-0.05, 0) is 38.5 Å². The predicted molar refractivity (Wildman–Crippen MR) is 117 cm³/mol. The number of hydrogen-bond donors (Lipinski definition) is 1.